The van der Waals surface area contributed by atoms with E-state index in [9.17, 15) is 4.79 Å². The average Bonchev–Trinajstić information content (AvgIpc) is 3.24. The van der Waals surface area contributed by atoms with Crippen LogP contribution in [0.1, 0.15) is 55.8 Å². The molecule has 0 radical (unpaired) electrons. The highest BCUT2D eigenvalue weighted by atomic mass is 16.5. The third kappa shape index (κ3) is 3.22. The molecule has 3 heterocycles. The normalized spacial score (nSPS) is 24.4. The Morgan fingerprint density at radius 3 is 2.91 bits per heavy atom. The van der Waals surface area contributed by atoms with E-state index in [0.717, 1.165) is 62.4 Å². The van der Waals surface area contributed by atoms with Gasteiger partial charge in [-0.2, -0.15) is 5.10 Å². The summed E-state index contributed by atoms with van der Waals surface area (Å²) < 4.78 is 12.9. The average molecular weight is 321 g/mol. The van der Waals surface area contributed by atoms with E-state index >= 15 is 0 Å². The van der Waals surface area contributed by atoms with Gasteiger partial charge >= 0.3 is 0 Å². The van der Waals surface area contributed by atoms with Crippen LogP contribution in [0.5, 0.6) is 5.88 Å². The number of nitrogens with zero attached hydrogens (tertiary/aromatic N) is 3. The summed E-state index contributed by atoms with van der Waals surface area (Å²) in [7, 11) is 3.55. The Hall–Kier alpha value is -1.56. The van der Waals surface area contributed by atoms with E-state index in [1.54, 1.807) is 11.8 Å². The standard InChI is InChI=1S/C17H27N3O3/c1-12-16(17(22-3)19(2)18-12)14-7-4-10-20(14)15(21)9-8-13-6-5-11-23-13/h13-14H,4-11H2,1-3H3/t13-,14-/m0/s1. The zero-order valence-electron chi connectivity index (χ0n) is 14.4. The fourth-order valence-electron chi connectivity index (χ4n) is 3.94. The Kier molecular flexibility index (Phi) is 4.90. The van der Waals surface area contributed by atoms with E-state index in [-0.39, 0.29) is 18.1 Å². The predicted octanol–water partition coefficient (Wildman–Crippen LogP) is 2.36. The maximum absolute atomic E-state index is 12.7. The second kappa shape index (κ2) is 6.91. The number of carbonyl (C=O) groups is 1. The second-order valence-electron chi connectivity index (χ2n) is 6.55. The van der Waals surface area contributed by atoms with Crippen LogP contribution in [0.2, 0.25) is 0 Å². The van der Waals surface area contributed by atoms with Crippen molar-refractivity contribution < 1.29 is 14.3 Å². The van der Waals surface area contributed by atoms with Gasteiger partial charge in [-0.15, -0.1) is 0 Å². The number of likely N-dealkylation sites (tertiary alicyclic amines) is 1. The molecule has 23 heavy (non-hydrogen) atoms. The predicted molar refractivity (Wildman–Crippen MR) is 86.4 cm³/mol. The van der Waals surface area contributed by atoms with E-state index in [1.165, 1.54) is 0 Å². The van der Waals surface area contributed by atoms with Crippen LogP contribution in [0.4, 0.5) is 0 Å². The van der Waals surface area contributed by atoms with Gasteiger partial charge in [0, 0.05) is 26.6 Å². The molecule has 0 bridgehead atoms. The van der Waals surface area contributed by atoms with E-state index in [1.807, 2.05) is 18.9 Å². The van der Waals surface area contributed by atoms with Crippen molar-refractivity contribution in [1.82, 2.24) is 14.7 Å². The van der Waals surface area contributed by atoms with Crippen molar-refractivity contribution in [3.63, 3.8) is 0 Å². The van der Waals surface area contributed by atoms with Crippen LogP contribution in [0, 0.1) is 6.92 Å². The third-order valence-corrected chi connectivity index (χ3v) is 5.02. The summed E-state index contributed by atoms with van der Waals surface area (Å²) in [4.78, 5) is 14.7. The molecule has 128 valence electrons. The van der Waals surface area contributed by atoms with E-state index < -0.39 is 0 Å². The summed E-state index contributed by atoms with van der Waals surface area (Å²) >= 11 is 0. The molecule has 3 rings (SSSR count). The fraction of sp³-hybridized carbons (Fsp3) is 0.765. The van der Waals surface area contributed by atoms with Crippen molar-refractivity contribution in [2.24, 2.45) is 7.05 Å². The molecule has 0 aromatic carbocycles. The fourth-order valence-corrected chi connectivity index (χ4v) is 3.94. The maximum Gasteiger partial charge on any atom is 0.223 e. The molecule has 1 aromatic rings. The largest absolute Gasteiger partial charge is 0.481 e. The maximum atomic E-state index is 12.7. The first kappa shape index (κ1) is 16.3. The number of ether oxygens (including phenoxy) is 2. The lowest BCUT2D eigenvalue weighted by Gasteiger charge is -2.26. The minimum absolute atomic E-state index is 0.0932. The number of methoxy groups -OCH3 is 1. The highest BCUT2D eigenvalue weighted by Crippen LogP contribution is 2.39. The number of aryl methyl sites for hydroxylation is 2. The molecule has 0 N–H and O–H groups in total. The molecule has 2 atom stereocenters. The van der Waals surface area contributed by atoms with Crippen molar-refractivity contribution in [3.05, 3.63) is 11.3 Å². The summed E-state index contributed by atoms with van der Waals surface area (Å²) in [6, 6.07) is 0.0932. The van der Waals surface area contributed by atoms with Gasteiger partial charge in [-0.3, -0.25) is 4.79 Å². The first-order valence-corrected chi connectivity index (χ1v) is 8.60. The highest BCUT2D eigenvalue weighted by molar-refractivity contribution is 5.77. The third-order valence-electron chi connectivity index (χ3n) is 5.02. The van der Waals surface area contributed by atoms with E-state index in [2.05, 4.69) is 5.10 Å². The van der Waals surface area contributed by atoms with Gasteiger partial charge in [0.05, 0.1) is 30.5 Å². The minimum Gasteiger partial charge on any atom is -0.481 e. The lowest BCUT2D eigenvalue weighted by molar-refractivity contribution is -0.132. The van der Waals surface area contributed by atoms with Gasteiger partial charge < -0.3 is 14.4 Å². The van der Waals surface area contributed by atoms with Gasteiger partial charge in [0.15, 0.2) is 0 Å². The lowest BCUT2D eigenvalue weighted by Crippen LogP contribution is -2.31. The second-order valence-corrected chi connectivity index (χ2v) is 6.55. The Morgan fingerprint density at radius 1 is 1.39 bits per heavy atom. The van der Waals surface area contributed by atoms with Crippen molar-refractivity contribution in [2.45, 2.75) is 57.6 Å². The molecular weight excluding hydrogens is 294 g/mol. The Bertz CT molecular complexity index is 564. The van der Waals surface area contributed by atoms with Crippen LogP contribution in [0.25, 0.3) is 0 Å². The van der Waals surface area contributed by atoms with Crippen molar-refractivity contribution in [3.8, 4) is 5.88 Å². The summed E-state index contributed by atoms with van der Waals surface area (Å²) in [5, 5.41) is 4.46. The van der Waals surface area contributed by atoms with Gasteiger partial charge in [0.25, 0.3) is 0 Å². The lowest BCUT2D eigenvalue weighted by atomic mass is 10.0. The highest BCUT2D eigenvalue weighted by Gasteiger charge is 2.35. The van der Waals surface area contributed by atoms with Crippen molar-refractivity contribution in [1.29, 1.82) is 0 Å². The summed E-state index contributed by atoms with van der Waals surface area (Å²) in [6.07, 6.45) is 5.91. The molecule has 0 aliphatic carbocycles. The number of hydrogen-bond acceptors (Lipinski definition) is 4. The zero-order valence-corrected chi connectivity index (χ0v) is 14.4. The van der Waals surface area contributed by atoms with Gasteiger partial charge in [0.2, 0.25) is 11.8 Å². The topological polar surface area (TPSA) is 56.6 Å². The summed E-state index contributed by atoms with van der Waals surface area (Å²) in [5.74, 6) is 1.000. The molecule has 6 nitrogen and oxygen atoms in total. The van der Waals surface area contributed by atoms with Crippen LogP contribution < -0.4 is 4.74 Å². The number of carbonyl (C=O) groups excluding carboxylic acids is 1. The summed E-state index contributed by atoms with van der Waals surface area (Å²) in [6.45, 7) is 3.66. The molecule has 2 fully saturated rings. The molecule has 1 amide bonds. The van der Waals surface area contributed by atoms with Crippen molar-refractivity contribution in [2.75, 3.05) is 20.3 Å². The van der Waals surface area contributed by atoms with Crippen LogP contribution in [-0.4, -0.2) is 47.0 Å². The molecular formula is C17H27N3O3. The van der Waals surface area contributed by atoms with Crippen molar-refractivity contribution >= 4 is 5.91 Å². The minimum atomic E-state index is 0.0932. The molecule has 2 saturated heterocycles. The van der Waals surface area contributed by atoms with Gasteiger partial charge in [-0.25, -0.2) is 4.68 Å². The number of hydrogen-bond donors (Lipinski definition) is 0. The van der Waals surface area contributed by atoms with Gasteiger partial charge in [0.1, 0.15) is 0 Å². The smallest absolute Gasteiger partial charge is 0.223 e. The Morgan fingerprint density at radius 2 is 2.22 bits per heavy atom. The van der Waals surface area contributed by atoms with E-state index in [0.29, 0.717) is 6.42 Å². The molecule has 6 heteroatoms. The Labute approximate surface area is 137 Å². The molecule has 1 aromatic heterocycles. The van der Waals surface area contributed by atoms with Crippen LogP contribution in [0.15, 0.2) is 0 Å². The van der Waals surface area contributed by atoms with Crippen LogP contribution >= 0.6 is 0 Å². The number of amides is 1. The summed E-state index contributed by atoms with van der Waals surface area (Å²) in [5.41, 5.74) is 2.02. The molecule has 0 spiro atoms. The van der Waals surface area contributed by atoms with Crippen LogP contribution in [-0.2, 0) is 16.6 Å². The van der Waals surface area contributed by atoms with Gasteiger partial charge in [-0.05, 0) is 39.0 Å². The quantitative estimate of drug-likeness (QED) is 0.835. The molecule has 0 saturated carbocycles. The number of rotatable bonds is 5. The SMILES string of the molecule is COc1c([C@@H]2CCCN2C(=O)CC[C@@H]2CCCO2)c(C)nn1C. The first-order chi connectivity index (χ1) is 11.1. The zero-order chi connectivity index (χ0) is 16.4. The van der Waals surface area contributed by atoms with E-state index in [4.69, 9.17) is 9.47 Å². The number of aromatic nitrogens is 2. The monoisotopic (exact) mass is 321 g/mol. The van der Waals surface area contributed by atoms with Crippen LogP contribution in [0.3, 0.4) is 0 Å². The molecule has 2 aliphatic rings. The molecule has 2 aliphatic heterocycles. The molecule has 0 unspecified atom stereocenters. The Balaban J connectivity index is 1.71. The first-order valence-electron chi connectivity index (χ1n) is 8.60. The van der Waals surface area contributed by atoms with Gasteiger partial charge in [-0.1, -0.05) is 0 Å².